The van der Waals surface area contributed by atoms with Gasteiger partial charge in [-0.25, -0.2) is 14.8 Å². The fourth-order valence-corrected chi connectivity index (χ4v) is 2.14. The van der Waals surface area contributed by atoms with Gasteiger partial charge in [-0.15, -0.1) is 0 Å². The molecule has 2 aromatic rings. The second-order valence-electron chi connectivity index (χ2n) is 5.15. The lowest BCUT2D eigenvalue weighted by Crippen LogP contribution is -2.44. The molecule has 0 aliphatic carbocycles. The van der Waals surface area contributed by atoms with E-state index in [-0.39, 0.29) is 0 Å². The molecule has 134 valence electrons. The lowest BCUT2D eigenvalue weighted by Gasteiger charge is -2.27. The molecule has 1 aliphatic heterocycles. The fraction of sp³-hybridized carbons (Fsp3) is 0.312. The molecule has 0 radical (unpaired) electrons. The number of aromatic nitrogens is 2. The van der Waals surface area contributed by atoms with Crippen LogP contribution < -0.4 is 10.2 Å². The highest BCUT2D eigenvalue weighted by molar-refractivity contribution is 5.73. The molecule has 2 N–H and O–H groups in total. The summed E-state index contributed by atoms with van der Waals surface area (Å²) in [6.07, 6.45) is -3.24. The maximum atomic E-state index is 10.6. The van der Waals surface area contributed by atoms with Crippen LogP contribution in [0.25, 0.3) is 11.3 Å². The van der Waals surface area contributed by atoms with E-state index in [1.54, 1.807) is 0 Å². The number of carboxylic acids is 1. The third kappa shape index (κ3) is 5.71. The van der Waals surface area contributed by atoms with Crippen molar-refractivity contribution < 1.29 is 23.1 Å². The van der Waals surface area contributed by atoms with Crippen LogP contribution in [0.5, 0.6) is 0 Å². The summed E-state index contributed by atoms with van der Waals surface area (Å²) in [7, 11) is 0. The van der Waals surface area contributed by atoms with E-state index in [0.29, 0.717) is 0 Å². The predicted octanol–water partition coefficient (Wildman–Crippen LogP) is 2.19. The number of rotatable bonds is 2. The molecule has 25 heavy (non-hydrogen) atoms. The van der Waals surface area contributed by atoms with Crippen LogP contribution in [0.4, 0.5) is 19.1 Å². The average molecular weight is 354 g/mol. The molecule has 0 amide bonds. The minimum atomic E-state index is -5.08. The van der Waals surface area contributed by atoms with Gasteiger partial charge in [0.05, 0.1) is 5.69 Å². The highest BCUT2D eigenvalue weighted by atomic mass is 19.4. The predicted molar refractivity (Wildman–Crippen MR) is 86.2 cm³/mol. The van der Waals surface area contributed by atoms with Crippen molar-refractivity contribution in [1.29, 1.82) is 0 Å². The lowest BCUT2D eigenvalue weighted by atomic mass is 10.1. The molecule has 2 heterocycles. The summed E-state index contributed by atoms with van der Waals surface area (Å²) >= 11 is 0. The minimum absolute atomic E-state index is 0.831. The van der Waals surface area contributed by atoms with E-state index in [9.17, 15) is 13.2 Å². The third-order valence-electron chi connectivity index (χ3n) is 3.35. The summed E-state index contributed by atoms with van der Waals surface area (Å²) in [5.74, 6) is -1.93. The van der Waals surface area contributed by atoms with Gasteiger partial charge in [0.1, 0.15) is 0 Å². The summed E-state index contributed by atoms with van der Waals surface area (Å²) in [6.45, 7) is 3.94. The van der Waals surface area contributed by atoms with Gasteiger partial charge in [-0.2, -0.15) is 13.2 Å². The third-order valence-corrected chi connectivity index (χ3v) is 3.35. The van der Waals surface area contributed by atoms with Crippen LogP contribution in [0.15, 0.2) is 42.6 Å². The van der Waals surface area contributed by atoms with Crippen molar-refractivity contribution >= 4 is 11.9 Å². The van der Waals surface area contributed by atoms with Crippen molar-refractivity contribution in [2.45, 2.75) is 6.18 Å². The number of nitrogens with zero attached hydrogens (tertiary/aromatic N) is 3. The Kier molecular flexibility index (Phi) is 6.29. The zero-order chi connectivity index (χ0) is 18.3. The molecule has 1 fully saturated rings. The Bertz CT molecular complexity index is 689. The number of hydrogen-bond acceptors (Lipinski definition) is 5. The molecule has 0 bridgehead atoms. The summed E-state index contributed by atoms with van der Waals surface area (Å²) in [5, 5.41) is 10.5. The maximum absolute atomic E-state index is 10.6. The number of carbonyl (C=O) groups is 1. The van der Waals surface area contributed by atoms with Crippen LogP contribution >= 0.6 is 0 Å². The van der Waals surface area contributed by atoms with Gasteiger partial charge in [-0.1, -0.05) is 30.3 Å². The number of anilines is 1. The van der Waals surface area contributed by atoms with E-state index in [4.69, 9.17) is 9.90 Å². The molecule has 1 aromatic carbocycles. The number of alkyl halides is 3. The Hall–Kier alpha value is -2.68. The van der Waals surface area contributed by atoms with E-state index in [2.05, 4.69) is 32.3 Å². The van der Waals surface area contributed by atoms with E-state index in [1.165, 1.54) is 0 Å². The molecule has 1 saturated heterocycles. The van der Waals surface area contributed by atoms with Crippen LogP contribution in [0, 0.1) is 0 Å². The zero-order valence-corrected chi connectivity index (χ0v) is 13.2. The second kappa shape index (κ2) is 8.43. The van der Waals surface area contributed by atoms with Crippen LogP contribution in [-0.4, -0.2) is 53.4 Å². The number of aliphatic carboxylic acids is 1. The Labute approximate surface area is 142 Å². The standard InChI is InChI=1S/C14H16N4.C2HF3O2/c1-2-4-12(5-3-1)13-6-7-16-14(17-13)18-10-8-15-9-11-18;3-2(4,5)1(6)7/h1-7,15H,8-11H2;(H,6,7). The molecule has 1 aromatic heterocycles. The van der Waals surface area contributed by atoms with Gasteiger partial charge in [0.2, 0.25) is 5.95 Å². The van der Waals surface area contributed by atoms with Crippen molar-refractivity contribution in [1.82, 2.24) is 15.3 Å². The van der Waals surface area contributed by atoms with E-state index >= 15 is 0 Å². The molecule has 3 rings (SSSR count). The largest absolute Gasteiger partial charge is 0.490 e. The Morgan fingerprint density at radius 1 is 1.12 bits per heavy atom. The topological polar surface area (TPSA) is 78.3 Å². The minimum Gasteiger partial charge on any atom is -0.475 e. The first-order valence-electron chi connectivity index (χ1n) is 7.52. The molecular formula is C16H17F3N4O2. The molecule has 0 unspecified atom stereocenters. The molecule has 0 saturated carbocycles. The summed E-state index contributed by atoms with van der Waals surface area (Å²) < 4.78 is 31.7. The lowest BCUT2D eigenvalue weighted by molar-refractivity contribution is -0.192. The summed E-state index contributed by atoms with van der Waals surface area (Å²) in [4.78, 5) is 20.2. The van der Waals surface area contributed by atoms with Gasteiger partial charge >= 0.3 is 12.1 Å². The zero-order valence-electron chi connectivity index (χ0n) is 13.2. The fourth-order valence-electron chi connectivity index (χ4n) is 2.14. The second-order valence-corrected chi connectivity index (χ2v) is 5.15. The molecule has 9 heteroatoms. The first-order valence-corrected chi connectivity index (χ1v) is 7.52. The van der Waals surface area contributed by atoms with Crippen molar-refractivity contribution in [3.8, 4) is 11.3 Å². The summed E-state index contributed by atoms with van der Waals surface area (Å²) in [6, 6.07) is 12.2. The number of nitrogens with one attached hydrogen (secondary N) is 1. The van der Waals surface area contributed by atoms with Crippen molar-refractivity contribution in [3.63, 3.8) is 0 Å². The number of piperazine rings is 1. The van der Waals surface area contributed by atoms with Gasteiger partial charge < -0.3 is 15.3 Å². The summed E-state index contributed by atoms with van der Waals surface area (Å²) in [5.41, 5.74) is 2.12. The Balaban J connectivity index is 0.000000277. The van der Waals surface area contributed by atoms with Crippen LogP contribution in [0.1, 0.15) is 0 Å². The SMILES string of the molecule is O=C(O)C(F)(F)F.c1ccc(-c2ccnc(N3CCNCC3)n2)cc1. The van der Waals surface area contributed by atoms with Crippen molar-refractivity contribution in [2.75, 3.05) is 31.1 Å². The Morgan fingerprint density at radius 2 is 1.72 bits per heavy atom. The van der Waals surface area contributed by atoms with Crippen molar-refractivity contribution in [2.24, 2.45) is 0 Å². The Morgan fingerprint density at radius 3 is 2.28 bits per heavy atom. The van der Waals surface area contributed by atoms with Crippen LogP contribution in [0.2, 0.25) is 0 Å². The molecule has 0 spiro atoms. The monoisotopic (exact) mass is 354 g/mol. The van der Waals surface area contributed by atoms with Gasteiger partial charge in [0.15, 0.2) is 0 Å². The smallest absolute Gasteiger partial charge is 0.475 e. The van der Waals surface area contributed by atoms with Gasteiger partial charge in [0.25, 0.3) is 0 Å². The number of hydrogen-bond donors (Lipinski definition) is 2. The first kappa shape index (κ1) is 18.7. The van der Waals surface area contributed by atoms with E-state index in [0.717, 1.165) is 43.4 Å². The maximum Gasteiger partial charge on any atom is 0.490 e. The molecule has 0 atom stereocenters. The first-order chi connectivity index (χ1) is 11.9. The van der Waals surface area contributed by atoms with Gasteiger partial charge in [-0.05, 0) is 6.07 Å². The quantitative estimate of drug-likeness (QED) is 0.861. The normalized spacial score (nSPS) is 14.4. The molecule has 6 nitrogen and oxygen atoms in total. The highest BCUT2D eigenvalue weighted by Crippen LogP contribution is 2.18. The number of benzene rings is 1. The van der Waals surface area contributed by atoms with Crippen LogP contribution in [0.3, 0.4) is 0 Å². The van der Waals surface area contributed by atoms with Gasteiger partial charge in [0, 0.05) is 37.9 Å². The van der Waals surface area contributed by atoms with E-state index in [1.807, 2.05) is 30.5 Å². The van der Waals surface area contributed by atoms with Crippen molar-refractivity contribution in [3.05, 3.63) is 42.6 Å². The highest BCUT2D eigenvalue weighted by Gasteiger charge is 2.38. The average Bonchev–Trinajstić information content (AvgIpc) is 2.63. The molecular weight excluding hydrogens is 337 g/mol. The number of halogens is 3. The van der Waals surface area contributed by atoms with E-state index < -0.39 is 12.1 Å². The number of carboxylic acid groups (broad SMARTS) is 1. The molecule has 1 aliphatic rings. The van der Waals surface area contributed by atoms with Crippen LogP contribution in [-0.2, 0) is 4.79 Å². The van der Waals surface area contributed by atoms with Gasteiger partial charge in [-0.3, -0.25) is 0 Å².